The van der Waals surface area contributed by atoms with Crippen LogP contribution in [0.1, 0.15) is 24.0 Å². The van der Waals surface area contributed by atoms with E-state index in [-0.39, 0.29) is 12.5 Å². The fourth-order valence-corrected chi connectivity index (χ4v) is 3.67. The Kier molecular flexibility index (Phi) is 5.88. The minimum Gasteiger partial charge on any atom is -0.484 e. The number of nitrogens with one attached hydrogen (secondary N) is 1. The maximum absolute atomic E-state index is 13.0. The van der Waals surface area contributed by atoms with Crippen LogP contribution in [0.15, 0.2) is 70.8 Å². The topological polar surface area (TPSA) is 54.7 Å². The Morgan fingerprint density at radius 3 is 2.70 bits per heavy atom. The van der Waals surface area contributed by atoms with E-state index in [0.29, 0.717) is 33.1 Å². The highest BCUT2D eigenvalue weighted by Gasteiger charge is 2.33. The van der Waals surface area contributed by atoms with Crippen LogP contribution in [-0.2, 0) is 17.8 Å². The number of para-hydroxylation sites is 2. The molecule has 0 spiro atoms. The van der Waals surface area contributed by atoms with Gasteiger partial charge >= 0.3 is 0 Å². The summed E-state index contributed by atoms with van der Waals surface area (Å²) in [6.07, 6.45) is 2.44. The largest absolute Gasteiger partial charge is 0.484 e. The number of carbonyl (C=O) groups is 1. The maximum Gasteiger partial charge on any atom is 0.281 e. The van der Waals surface area contributed by atoms with Crippen LogP contribution < -0.4 is 15.0 Å². The molecule has 1 amide bonds. The van der Waals surface area contributed by atoms with E-state index in [9.17, 15) is 4.79 Å². The molecule has 0 saturated carbocycles. The van der Waals surface area contributed by atoms with Gasteiger partial charge in [0, 0.05) is 6.08 Å². The third-order valence-electron chi connectivity index (χ3n) is 4.67. The van der Waals surface area contributed by atoms with Crippen molar-refractivity contribution in [3.8, 4) is 5.75 Å². The molecule has 2 heterocycles. The number of benzene rings is 2. The summed E-state index contributed by atoms with van der Waals surface area (Å²) in [7, 11) is 0. The summed E-state index contributed by atoms with van der Waals surface area (Å²) in [5.74, 6) is 1.50. The molecule has 0 atom stereocenters. The molecule has 3 aromatic rings. The number of amides is 1. The van der Waals surface area contributed by atoms with Crippen LogP contribution in [0.2, 0.25) is 5.02 Å². The second kappa shape index (κ2) is 8.73. The van der Waals surface area contributed by atoms with Crippen LogP contribution in [0.3, 0.4) is 0 Å². The molecule has 7 heteroatoms. The van der Waals surface area contributed by atoms with Gasteiger partial charge in [0.2, 0.25) is 0 Å². The van der Waals surface area contributed by atoms with Crippen molar-refractivity contribution in [1.29, 1.82) is 0 Å². The average Bonchev–Trinajstić information content (AvgIpc) is 3.31. The number of ether oxygens (including phenoxy) is 1. The number of rotatable bonds is 6. The van der Waals surface area contributed by atoms with Gasteiger partial charge in [0.05, 0.1) is 10.7 Å². The molecular weight excluding hydrogens is 420 g/mol. The summed E-state index contributed by atoms with van der Waals surface area (Å²) in [5, 5.41) is 3.87. The van der Waals surface area contributed by atoms with Crippen molar-refractivity contribution in [2.45, 2.75) is 20.0 Å². The minimum atomic E-state index is -0.217. The van der Waals surface area contributed by atoms with E-state index in [2.05, 4.69) is 5.32 Å². The predicted molar refractivity (Wildman–Crippen MR) is 122 cm³/mol. The van der Waals surface area contributed by atoms with E-state index in [0.717, 1.165) is 17.7 Å². The van der Waals surface area contributed by atoms with Gasteiger partial charge in [-0.15, -0.1) is 0 Å². The molecule has 5 nitrogen and oxygen atoms in total. The molecule has 1 fully saturated rings. The van der Waals surface area contributed by atoms with E-state index in [1.165, 1.54) is 4.90 Å². The zero-order valence-corrected chi connectivity index (χ0v) is 17.8. The van der Waals surface area contributed by atoms with Gasteiger partial charge in [-0.3, -0.25) is 9.69 Å². The van der Waals surface area contributed by atoms with E-state index in [1.54, 1.807) is 30.3 Å². The van der Waals surface area contributed by atoms with Gasteiger partial charge in [-0.1, -0.05) is 48.9 Å². The highest BCUT2D eigenvalue weighted by atomic mass is 35.5. The predicted octanol–water partition coefficient (Wildman–Crippen LogP) is 5.34. The van der Waals surface area contributed by atoms with Crippen LogP contribution in [-0.4, -0.2) is 11.0 Å². The summed E-state index contributed by atoms with van der Waals surface area (Å²) in [6, 6.07) is 18.5. The van der Waals surface area contributed by atoms with Gasteiger partial charge in [-0.05, 0) is 54.5 Å². The third kappa shape index (κ3) is 4.10. The monoisotopic (exact) mass is 438 g/mol. The first-order valence-corrected chi connectivity index (χ1v) is 10.3. The Hall–Kier alpha value is -3.09. The lowest BCUT2D eigenvalue weighted by Crippen LogP contribution is -2.31. The fraction of sp³-hybridized carbons (Fsp3) is 0.130. The quantitative estimate of drug-likeness (QED) is 0.416. The molecule has 1 aliphatic heterocycles. The van der Waals surface area contributed by atoms with Gasteiger partial charge in [0.25, 0.3) is 5.91 Å². The molecule has 1 N–H and O–H groups in total. The second-order valence-electron chi connectivity index (χ2n) is 6.63. The zero-order valence-electron chi connectivity index (χ0n) is 16.2. The maximum atomic E-state index is 13.0. The molecule has 1 aliphatic rings. The lowest BCUT2D eigenvalue weighted by atomic mass is 10.1. The number of hydrogen-bond donors (Lipinski definition) is 1. The molecule has 0 unspecified atom stereocenters. The molecule has 4 rings (SSSR count). The Morgan fingerprint density at radius 2 is 1.90 bits per heavy atom. The lowest BCUT2D eigenvalue weighted by molar-refractivity contribution is -0.113. The van der Waals surface area contributed by atoms with Crippen LogP contribution in [0.4, 0.5) is 5.69 Å². The SMILES string of the molecule is CCc1ccccc1N1C(=O)/C(=C\c2ccc(COc3ccccc3Cl)o2)NC1=S. The molecular formula is C23H19ClN2O3S. The molecule has 0 radical (unpaired) electrons. The Labute approximate surface area is 184 Å². The minimum absolute atomic E-state index is 0.217. The first kappa shape index (κ1) is 20.2. The van der Waals surface area contributed by atoms with Crippen molar-refractivity contribution in [2.24, 2.45) is 0 Å². The number of carbonyl (C=O) groups excluding carboxylic acids is 1. The lowest BCUT2D eigenvalue weighted by Gasteiger charge is -2.17. The number of thiocarbonyl (C=S) groups is 1. The van der Waals surface area contributed by atoms with Crippen molar-refractivity contribution in [3.05, 3.63) is 88.5 Å². The van der Waals surface area contributed by atoms with E-state index < -0.39 is 0 Å². The summed E-state index contributed by atoms with van der Waals surface area (Å²) in [6.45, 7) is 2.27. The molecule has 30 heavy (non-hydrogen) atoms. The summed E-state index contributed by atoms with van der Waals surface area (Å²) >= 11 is 11.5. The standard InChI is InChI=1S/C23H19ClN2O3S/c1-2-15-7-3-5-9-20(15)26-22(27)19(25-23(26)30)13-16-11-12-17(29-16)14-28-21-10-6-4-8-18(21)24/h3-13H,2,14H2,1H3,(H,25,30)/b19-13+. The van der Waals surface area contributed by atoms with Crippen molar-refractivity contribution in [2.75, 3.05) is 4.90 Å². The number of halogens is 1. The first-order valence-electron chi connectivity index (χ1n) is 9.48. The van der Waals surface area contributed by atoms with E-state index in [4.69, 9.17) is 33.0 Å². The van der Waals surface area contributed by atoms with Gasteiger partial charge in [0.15, 0.2) is 5.11 Å². The molecule has 152 valence electrons. The molecule has 2 aromatic carbocycles. The molecule has 0 aliphatic carbocycles. The van der Waals surface area contributed by atoms with E-state index in [1.807, 2.05) is 43.3 Å². The van der Waals surface area contributed by atoms with Crippen molar-refractivity contribution >= 4 is 46.6 Å². The normalized spacial score (nSPS) is 15.0. The smallest absolute Gasteiger partial charge is 0.281 e. The van der Waals surface area contributed by atoms with Crippen LogP contribution in [0.5, 0.6) is 5.75 Å². The number of nitrogens with zero attached hydrogens (tertiary/aromatic N) is 1. The van der Waals surface area contributed by atoms with Crippen LogP contribution >= 0.6 is 23.8 Å². The summed E-state index contributed by atoms with van der Waals surface area (Å²) in [5.41, 5.74) is 2.20. The zero-order chi connectivity index (χ0) is 21.1. The third-order valence-corrected chi connectivity index (χ3v) is 5.26. The van der Waals surface area contributed by atoms with Crippen LogP contribution in [0, 0.1) is 0 Å². The second-order valence-corrected chi connectivity index (χ2v) is 7.43. The molecule has 0 bridgehead atoms. The van der Waals surface area contributed by atoms with Crippen LogP contribution in [0.25, 0.3) is 6.08 Å². The Balaban J connectivity index is 1.50. The van der Waals surface area contributed by atoms with Gasteiger partial charge in [0.1, 0.15) is 29.6 Å². The summed E-state index contributed by atoms with van der Waals surface area (Å²) in [4.78, 5) is 14.5. The number of anilines is 1. The van der Waals surface area contributed by atoms with Crippen molar-refractivity contribution in [3.63, 3.8) is 0 Å². The highest BCUT2D eigenvalue weighted by Crippen LogP contribution is 2.27. The Bertz CT molecular complexity index is 1140. The highest BCUT2D eigenvalue weighted by molar-refractivity contribution is 7.80. The fourth-order valence-electron chi connectivity index (χ4n) is 3.18. The van der Waals surface area contributed by atoms with Gasteiger partial charge in [-0.25, -0.2) is 0 Å². The average molecular weight is 439 g/mol. The number of hydrogen-bond acceptors (Lipinski definition) is 4. The number of furan rings is 1. The Morgan fingerprint density at radius 1 is 1.13 bits per heavy atom. The molecule has 1 saturated heterocycles. The first-order chi connectivity index (χ1) is 14.6. The van der Waals surface area contributed by atoms with Gasteiger partial charge in [-0.2, -0.15) is 0 Å². The molecule has 1 aromatic heterocycles. The van der Waals surface area contributed by atoms with Gasteiger partial charge < -0.3 is 14.5 Å². The van der Waals surface area contributed by atoms with Crippen molar-refractivity contribution < 1.29 is 13.9 Å². The van der Waals surface area contributed by atoms with Crippen molar-refractivity contribution in [1.82, 2.24) is 5.32 Å². The number of aryl methyl sites for hydroxylation is 1. The summed E-state index contributed by atoms with van der Waals surface area (Å²) < 4.78 is 11.5. The van der Waals surface area contributed by atoms with E-state index >= 15 is 0 Å².